The van der Waals surface area contributed by atoms with Gasteiger partial charge in [-0.2, -0.15) is 0 Å². The zero-order valence-electron chi connectivity index (χ0n) is 10.1. The number of amides is 1. The number of hydrogen-bond acceptors (Lipinski definition) is 4. The second-order valence-electron chi connectivity index (χ2n) is 3.87. The minimum atomic E-state index is -0.441. The number of anilines is 1. The number of carbonyl (C=O) groups excluding carboxylic acids is 2. The van der Waals surface area contributed by atoms with E-state index >= 15 is 0 Å². The lowest BCUT2D eigenvalue weighted by Gasteiger charge is -2.03. The van der Waals surface area contributed by atoms with Gasteiger partial charge in [0.15, 0.2) is 5.78 Å². The van der Waals surface area contributed by atoms with Crippen LogP contribution in [0.3, 0.4) is 0 Å². The van der Waals surface area contributed by atoms with E-state index in [0.29, 0.717) is 17.0 Å². The van der Waals surface area contributed by atoms with Gasteiger partial charge in [-0.25, -0.2) is 4.98 Å². The average molecular weight is 244 g/mol. The number of aromatic nitrogens is 1. The van der Waals surface area contributed by atoms with Crippen LogP contribution >= 0.6 is 0 Å². The second-order valence-corrected chi connectivity index (χ2v) is 3.87. The van der Waals surface area contributed by atoms with Crippen molar-refractivity contribution in [1.82, 2.24) is 4.98 Å². The summed E-state index contributed by atoms with van der Waals surface area (Å²) in [5, 5.41) is 2.62. The molecule has 0 bridgehead atoms. The SMILES string of the molecule is CC(=O)c1cccc(NC(=O)c2ncc(C)o2)c1. The van der Waals surface area contributed by atoms with Crippen molar-refractivity contribution in [2.24, 2.45) is 0 Å². The average Bonchev–Trinajstić information content (AvgIpc) is 2.76. The zero-order valence-corrected chi connectivity index (χ0v) is 10.1. The Morgan fingerprint density at radius 3 is 2.72 bits per heavy atom. The number of oxazole rings is 1. The largest absolute Gasteiger partial charge is 0.438 e. The third-order valence-corrected chi connectivity index (χ3v) is 2.34. The third-order valence-electron chi connectivity index (χ3n) is 2.34. The molecule has 0 fully saturated rings. The number of ketones is 1. The summed E-state index contributed by atoms with van der Waals surface area (Å²) in [5.41, 5.74) is 1.07. The Morgan fingerprint density at radius 2 is 2.11 bits per heavy atom. The van der Waals surface area contributed by atoms with E-state index in [-0.39, 0.29) is 11.7 Å². The highest BCUT2D eigenvalue weighted by molar-refractivity contribution is 6.02. The summed E-state index contributed by atoms with van der Waals surface area (Å²) in [5.74, 6) is 0.0697. The molecular formula is C13H12N2O3. The summed E-state index contributed by atoms with van der Waals surface area (Å²) in [6, 6.07) is 6.69. The number of aryl methyl sites for hydroxylation is 1. The third kappa shape index (κ3) is 2.63. The molecule has 5 nitrogen and oxygen atoms in total. The van der Waals surface area contributed by atoms with Crippen molar-refractivity contribution >= 4 is 17.4 Å². The smallest absolute Gasteiger partial charge is 0.311 e. The maximum absolute atomic E-state index is 11.8. The van der Waals surface area contributed by atoms with Crippen LogP contribution in [0.25, 0.3) is 0 Å². The molecule has 0 aliphatic rings. The Kier molecular flexibility index (Phi) is 3.23. The highest BCUT2D eigenvalue weighted by Crippen LogP contribution is 2.12. The maximum atomic E-state index is 11.8. The number of nitrogens with zero attached hydrogens (tertiary/aromatic N) is 1. The Morgan fingerprint density at radius 1 is 1.33 bits per heavy atom. The summed E-state index contributed by atoms with van der Waals surface area (Å²) in [4.78, 5) is 26.8. The highest BCUT2D eigenvalue weighted by Gasteiger charge is 2.12. The molecule has 18 heavy (non-hydrogen) atoms. The Balaban J connectivity index is 2.16. The van der Waals surface area contributed by atoms with Crippen molar-refractivity contribution in [3.8, 4) is 0 Å². The van der Waals surface area contributed by atoms with Crippen LogP contribution in [0.4, 0.5) is 5.69 Å². The van der Waals surface area contributed by atoms with E-state index in [1.807, 2.05) is 0 Å². The van der Waals surface area contributed by atoms with Crippen molar-refractivity contribution in [1.29, 1.82) is 0 Å². The fourth-order valence-electron chi connectivity index (χ4n) is 1.46. The molecule has 0 aliphatic carbocycles. The van der Waals surface area contributed by atoms with Crippen LogP contribution in [-0.4, -0.2) is 16.7 Å². The van der Waals surface area contributed by atoms with E-state index in [2.05, 4.69) is 10.3 Å². The zero-order chi connectivity index (χ0) is 13.1. The van der Waals surface area contributed by atoms with Crippen molar-refractivity contribution in [3.63, 3.8) is 0 Å². The standard InChI is InChI=1S/C13H12N2O3/c1-8-7-14-13(18-8)12(17)15-11-5-3-4-10(6-11)9(2)16/h3-7H,1-2H3,(H,15,17). The molecule has 0 radical (unpaired) electrons. The lowest BCUT2D eigenvalue weighted by molar-refractivity contribution is 0.0985. The summed E-state index contributed by atoms with van der Waals surface area (Å²) in [7, 11) is 0. The van der Waals surface area contributed by atoms with Gasteiger partial charge in [0, 0.05) is 11.3 Å². The van der Waals surface area contributed by atoms with E-state index in [1.165, 1.54) is 13.1 Å². The van der Waals surface area contributed by atoms with Gasteiger partial charge >= 0.3 is 5.91 Å². The summed E-state index contributed by atoms with van der Waals surface area (Å²) >= 11 is 0. The minimum absolute atomic E-state index is 0.000674. The number of carbonyl (C=O) groups is 2. The van der Waals surface area contributed by atoms with Gasteiger partial charge in [0.1, 0.15) is 5.76 Å². The molecule has 1 heterocycles. The first-order valence-corrected chi connectivity index (χ1v) is 5.41. The van der Waals surface area contributed by atoms with Crippen LogP contribution in [0, 0.1) is 6.92 Å². The van der Waals surface area contributed by atoms with E-state index in [9.17, 15) is 9.59 Å². The van der Waals surface area contributed by atoms with Gasteiger partial charge in [-0.15, -0.1) is 0 Å². The molecule has 1 amide bonds. The van der Waals surface area contributed by atoms with Gasteiger partial charge in [-0.05, 0) is 26.0 Å². The lowest BCUT2D eigenvalue weighted by atomic mass is 10.1. The molecular weight excluding hydrogens is 232 g/mol. The fraction of sp³-hybridized carbons (Fsp3) is 0.154. The summed E-state index contributed by atoms with van der Waals surface area (Å²) in [6.07, 6.45) is 1.47. The highest BCUT2D eigenvalue weighted by atomic mass is 16.4. The molecule has 0 aliphatic heterocycles. The predicted octanol–water partition coefficient (Wildman–Crippen LogP) is 2.44. The number of Topliss-reactive ketones (excluding diaryl/α,β-unsaturated/α-hetero) is 1. The first kappa shape index (κ1) is 12.0. The van der Waals surface area contributed by atoms with Gasteiger partial charge < -0.3 is 9.73 Å². The van der Waals surface area contributed by atoms with Crippen LogP contribution in [0.15, 0.2) is 34.9 Å². The van der Waals surface area contributed by atoms with Gasteiger partial charge in [0.05, 0.1) is 6.20 Å². The molecule has 1 N–H and O–H groups in total. The Labute approximate surface area is 104 Å². The van der Waals surface area contributed by atoms with Crippen LogP contribution in [0.1, 0.15) is 33.7 Å². The van der Waals surface area contributed by atoms with Crippen LogP contribution in [-0.2, 0) is 0 Å². The van der Waals surface area contributed by atoms with Crippen molar-refractivity contribution in [3.05, 3.63) is 47.7 Å². The van der Waals surface area contributed by atoms with Crippen molar-refractivity contribution < 1.29 is 14.0 Å². The minimum Gasteiger partial charge on any atom is -0.438 e. The summed E-state index contributed by atoms with van der Waals surface area (Å²) < 4.78 is 5.11. The van der Waals surface area contributed by atoms with Crippen LogP contribution in [0.2, 0.25) is 0 Å². The molecule has 0 saturated heterocycles. The Bertz CT molecular complexity index is 602. The van der Waals surface area contributed by atoms with E-state index in [1.54, 1.807) is 31.2 Å². The van der Waals surface area contributed by atoms with Gasteiger partial charge in [0.2, 0.25) is 0 Å². The predicted molar refractivity (Wildman–Crippen MR) is 65.6 cm³/mol. The molecule has 0 atom stereocenters. The molecule has 0 saturated carbocycles. The molecule has 1 aromatic heterocycles. The molecule has 2 aromatic rings. The molecule has 1 aromatic carbocycles. The quantitative estimate of drug-likeness (QED) is 0.841. The maximum Gasteiger partial charge on any atom is 0.311 e. The van der Waals surface area contributed by atoms with Gasteiger partial charge in [-0.3, -0.25) is 9.59 Å². The molecule has 0 spiro atoms. The fourth-order valence-corrected chi connectivity index (χ4v) is 1.46. The number of hydrogen-bond donors (Lipinski definition) is 1. The normalized spacial score (nSPS) is 10.1. The monoisotopic (exact) mass is 244 g/mol. The molecule has 0 unspecified atom stereocenters. The first-order valence-electron chi connectivity index (χ1n) is 5.41. The lowest BCUT2D eigenvalue weighted by Crippen LogP contribution is -2.12. The van der Waals surface area contributed by atoms with Gasteiger partial charge in [0.25, 0.3) is 5.89 Å². The van der Waals surface area contributed by atoms with E-state index < -0.39 is 5.91 Å². The second kappa shape index (κ2) is 4.83. The van der Waals surface area contributed by atoms with Crippen molar-refractivity contribution in [2.45, 2.75) is 13.8 Å². The number of nitrogens with one attached hydrogen (secondary N) is 1. The van der Waals surface area contributed by atoms with E-state index in [0.717, 1.165) is 0 Å². The first-order chi connectivity index (χ1) is 8.56. The van der Waals surface area contributed by atoms with Gasteiger partial charge in [-0.1, -0.05) is 12.1 Å². The molecule has 5 heteroatoms. The van der Waals surface area contributed by atoms with E-state index in [4.69, 9.17) is 4.42 Å². The van der Waals surface area contributed by atoms with Crippen LogP contribution < -0.4 is 5.32 Å². The summed E-state index contributed by atoms with van der Waals surface area (Å²) in [6.45, 7) is 3.18. The van der Waals surface area contributed by atoms with Crippen LogP contribution in [0.5, 0.6) is 0 Å². The molecule has 92 valence electrons. The topological polar surface area (TPSA) is 72.2 Å². The number of benzene rings is 1. The Hall–Kier alpha value is -2.43. The van der Waals surface area contributed by atoms with Crippen molar-refractivity contribution in [2.75, 3.05) is 5.32 Å². The number of rotatable bonds is 3. The molecule has 2 rings (SSSR count).